The second-order valence-corrected chi connectivity index (χ2v) is 4.45. The maximum Gasteiger partial charge on any atom is 0.396 e. The zero-order valence-electron chi connectivity index (χ0n) is 9.72. The molecular weight excluding hydrogens is 285 g/mol. The molecule has 0 saturated heterocycles. The van der Waals surface area contributed by atoms with Crippen molar-refractivity contribution >= 4 is 17.4 Å². The first-order valence-corrected chi connectivity index (χ1v) is 5.94. The van der Waals surface area contributed by atoms with Gasteiger partial charge >= 0.3 is 6.18 Å². The van der Waals surface area contributed by atoms with Gasteiger partial charge in [-0.1, -0.05) is 11.6 Å². The van der Waals surface area contributed by atoms with Gasteiger partial charge in [0.2, 0.25) is 0 Å². The summed E-state index contributed by atoms with van der Waals surface area (Å²) in [5.74, 6) is -0.508. The molecule has 3 nitrogen and oxygen atoms in total. The molecule has 0 saturated carbocycles. The summed E-state index contributed by atoms with van der Waals surface area (Å²) in [5, 5.41) is -0.0708. The van der Waals surface area contributed by atoms with Crippen molar-refractivity contribution in [2.45, 2.75) is 19.0 Å². The van der Waals surface area contributed by atoms with Crippen LogP contribution in [0.2, 0.25) is 5.02 Å². The summed E-state index contributed by atoms with van der Waals surface area (Å²) in [6.45, 7) is 0.806. The average molecular weight is 295 g/mol. The third-order valence-electron chi connectivity index (χ3n) is 2.50. The predicted molar refractivity (Wildman–Crippen MR) is 62.1 cm³/mol. The zero-order chi connectivity index (χ0) is 14.0. The van der Waals surface area contributed by atoms with Crippen molar-refractivity contribution in [1.82, 2.24) is 0 Å². The molecule has 0 fully saturated rings. The van der Waals surface area contributed by atoms with Crippen LogP contribution in [0.15, 0.2) is 12.1 Å². The van der Waals surface area contributed by atoms with E-state index in [4.69, 9.17) is 21.1 Å². The minimum Gasteiger partial charge on any atom is -0.490 e. The normalized spacial score (nSPS) is 14.9. The molecule has 1 aromatic rings. The molecule has 0 unspecified atom stereocenters. The molecule has 7 heteroatoms. The molecule has 0 aliphatic carbocycles. The minimum atomic E-state index is -4.56. The highest BCUT2D eigenvalue weighted by atomic mass is 35.5. The van der Waals surface area contributed by atoms with Crippen molar-refractivity contribution < 1.29 is 27.4 Å². The van der Waals surface area contributed by atoms with E-state index in [1.54, 1.807) is 0 Å². The van der Waals surface area contributed by atoms with Crippen molar-refractivity contribution in [3.8, 4) is 11.5 Å². The summed E-state index contributed by atoms with van der Waals surface area (Å²) < 4.78 is 47.3. The molecule has 0 N–H and O–H groups in total. The number of fused-ring (bicyclic) bond motifs is 1. The Morgan fingerprint density at radius 3 is 2.37 bits per heavy atom. The van der Waals surface area contributed by atoms with Crippen molar-refractivity contribution in [2.75, 3.05) is 13.2 Å². The largest absolute Gasteiger partial charge is 0.490 e. The first-order chi connectivity index (χ1) is 8.87. The Balaban J connectivity index is 2.31. The fraction of sp³-hybridized carbons (Fsp3) is 0.417. The van der Waals surface area contributed by atoms with Crippen LogP contribution in [0, 0.1) is 0 Å². The number of benzene rings is 1. The van der Waals surface area contributed by atoms with Crippen LogP contribution < -0.4 is 9.47 Å². The van der Waals surface area contributed by atoms with E-state index < -0.39 is 18.4 Å². The van der Waals surface area contributed by atoms with Gasteiger partial charge < -0.3 is 9.47 Å². The lowest BCUT2D eigenvalue weighted by Gasteiger charge is -2.11. The molecule has 2 rings (SSSR count). The molecule has 19 heavy (non-hydrogen) atoms. The number of halogens is 4. The Labute approximate surface area is 112 Å². The average Bonchev–Trinajstić information content (AvgIpc) is 2.50. The smallest absolute Gasteiger partial charge is 0.396 e. The lowest BCUT2D eigenvalue weighted by Crippen LogP contribution is -2.15. The SMILES string of the molecule is O=C(CC(F)(F)F)c1cc2c(cc1Cl)OCCCO2. The molecule has 104 valence electrons. The van der Waals surface area contributed by atoms with Crippen molar-refractivity contribution in [3.63, 3.8) is 0 Å². The van der Waals surface area contributed by atoms with Gasteiger partial charge in [-0.05, 0) is 6.07 Å². The number of hydrogen-bond donors (Lipinski definition) is 0. The predicted octanol–water partition coefficient (Wildman–Crippen LogP) is 3.64. The van der Waals surface area contributed by atoms with Gasteiger partial charge in [-0.3, -0.25) is 4.79 Å². The topological polar surface area (TPSA) is 35.5 Å². The van der Waals surface area contributed by atoms with E-state index in [1.807, 2.05) is 0 Å². The van der Waals surface area contributed by atoms with Crippen molar-refractivity contribution in [3.05, 3.63) is 22.7 Å². The van der Waals surface area contributed by atoms with Crippen molar-refractivity contribution in [1.29, 1.82) is 0 Å². The van der Waals surface area contributed by atoms with E-state index in [0.29, 0.717) is 25.4 Å². The van der Waals surface area contributed by atoms with Gasteiger partial charge in [-0.2, -0.15) is 13.2 Å². The summed E-state index contributed by atoms with van der Waals surface area (Å²) in [6.07, 6.45) is -5.46. The molecule has 1 aromatic carbocycles. The number of ketones is 1. The third-order valence-corrected chi connectivity index (χ3v) is 2.81. The molecule has 0 atom stereocenters. The minimum absolute atomic E-state index is 0.0708. The number of rotatable bonds is 2. The summed E-state index contributed by atoms with van der Waals surface area (Å²) in [5.41, 5.74) is -0.205. The van der Waals surface area contributed by atoms with Crippen LogP contribution in [0.4, 0.5) is 13.2 Å². The number of hydrogen-bond acceptors (Lipinski definition) is 3. The Morgan fingerprint density at radius 1 is 1.21 bits per heavy atom. The maximum absolute atomic E-state index is 12.2. The Bertz CT molecular complexity index is 500. The number of ether oxygens (including phenoxy) is 2. The van der Waals surface area contributed by atoms with Crippen LogP contribution in [0.25, 0.3) is 0 Å². The maximum atomic E-state index is 12.2. The molecule has 0 radical (unpaired) electrons. The lowest BCUT2D eigenvalue weighted by molar-refractivity contribution is -0.125. The van der Waals surface area contributed by atoms with Crippen LogP contribution in [0.3, 0.4) is 0 Å². The molecule has 0 bridgehead atoms. The van der Waals surface area contributed by atoms with Crippen LogP contribution in [-0.4, -0.2) is 25.2 Å². The van der Waals surface area contributed by atoms with Gasteiger partial charge in [0.1, 0.15) is 6.42 Å². The van der Waals surface area contributed by atoms with Gasteiger partial charge in [-0.15, -0.1) is 0 Å². The van der Waals surface area contributed by atoms with Gasteiger partial charge in [0, 0.05) is 18.1 Å². The highest BCUT2D eigenvalue weighted by Gasteiger charge is 2.33. The van der Waals surface area contributed by atoms with Gasteiger partial charge in [0.25, 0.3) is 0 Å². The molecule has 0 amide bonds. The molecule has 0 aromatic heterocycles. The van der Waals surface area contributed by atoms with E-state index in [9.17, 15) is 18.0 Å². The van der Waals surface area contributed by atoms with Crippen LogP contribution in [0.5, 0.6) is 11.5 Å². The number of carbonyl (C=O) groups is 1. The van der Waals surface area contributed by atoms with Crippen LogP contribution >= 0.6 is 11.6 Å². The molecule has 0 spiro atoms. The Kier molecular flexibility index (Phi) is 3.89. The quantitative estimate of drug-likeness (QED) is 0.781. The van der Waals surface area contributed by atoms with E-state index >= 15 is 0 Å². The Hall–Kier alpha value is -1.43. The molecule has 1 aliphatic rings. The van der Waals surface area contributed by atoms with E-state index in [0.717, 1.165) is 0 Å². The zero-order valence-corrected chi connectivity index (χ0v) is 10.5. The second-order valence-electron chi connectivity index (χ2n) is 4.04. The molecule has 1 heterocycles. The lowest BCUT2D eigenvalue weighted by atomic mass is 10.1. The van der Waals surface area contributed by atoms with Gasteiger partial charge in [-0.25, -0.2) is 0 Å². The summed E-state index contributed by atoms with van der Waals surface area (Å²) in [6, 6.07) is 2.52. The highest BCUT2D eigenvalue weighted by Crippen LogP contribution is 2.36. The molecular formula is C12H10ClF3O3. The van der Waals surface area contributed by atoms with Crippen LogP contribution in [-0.2, 0) is 0 Å². The highest BCUT2D eigenvalue weighted by molar-refractivity contribution is 6.34. The Morgan fingerprint density at radius 2 is 1.79 bits per heavy atom. The number of carbonyl (C=O) groups excluding carboxylic acids is 1. The van der Waals surface area contributed by atoms with Crippen LogP contribution in [0.1, 0.15) is 23.2 Å². The van der Waals surface area contributed by atoms with Gasteiger partial charge in [0.05, 0.1) is 18.2 Å². The summed E-state index contributed by atoms with van der Waals surface area (Å²) in [7, 11) is 0. The summed E-state index contributed by atoms with van der Waals surface area (Å²) in [4.78, 5) is 11.6. The van der Waals surface area contributed by atoms with E-state index in [-0.39, 0.29) is 16.3 Å². The fourth-order valence-corrected chi connectivity index (χ4v) is 1.93. The standard InChI is InChI=1S/C12H10ClF3O3/c13-8-5-11-10(18-2-1-3-19-11)4-7(8)9(17)6-12(14,15)16/h4-5H,1-3,6H2. The second kappa shape index (κ2) is 5.28. The first kappa shape index (κ1) is 14.0. The number of alkyl halides is 3. The fourth-order valence-electron chi connectivity index (χ4n) is 1.67. The monoisotopic (exact) mass is 294 g/mol. The summed E-state index contributed by atoms with van der Waals surface area (Å²) >= 11 is 5.81. The van der Waals surface area contributed by atoms with Gasteiger partial charge in [0.15, 0.2) is 17.3 Å². The van der Waals surface area contributed by atoms with Crippen molar-refractivity contribution in [2.24, 2.45) is 0 Å². The van der Waals surface area contributed by atoms with E-state index in [1.165, 1.54) is 12.1 Å². The first-order valence-electron chi connectivity index (χ1n) is 5.56. The third kappa shape index (κ3) is 3.53. The number of Topliss-reactive ketones (excluding diaryl/α,β-unsaturated/α-hetero) is 1. The van der Waals surface area contributed by atoms with E-state index in [2.05, 4.69) is 0 Å². The molecule has 1 aliphatic heterocycles.